The lowest BCUT2D eigenvalue weighted by Crippen LogP contribution is -2.56. The number of rotatable bonds is 16. The van der Waals surface area contributed by atoms with Gasteiger partial charge in [0.05, 0.1) is 19.4 Å². The summed E-state index contributed by atoms with van der Waals surface area (Å²) < 4.78 is 43.9. The molecule has 0 spiro atoms. The zero-order chi connectivity index (χ0) is 40.4. The van der Waals surface area contributed by atoms with Gasteiger partial charge in [-0.2, -0.15) is 0 Å². The lowest BCUT2D eigenvalue weighted by Gasteiger charge is -2.36. The van der Waals surface area contributed by atoms with E-state index in [0.717, 1.165) is 26.7 Å². The maximum atomic E-state index is 14.1. The van der Waals surface area contributed by atoms with Crippen molar-refractivity contribution in [2.75, 3.05) is 63.5 Å². The van der Waals surface area contributed by atoms with Crippen LogP contribution < -0.4 is 10.2 Å². The highest BCUT2D eigenvalue weighted by molar-refractivity contribution is 7.39. The van der Waals surface area contributed by atoms with E-state index in [-0.39, 0.29) is 68.9 Å². The largest absolute Gasteiger partial charge is 0.508 e. The van der Waals surface area contributed by atoms with Crippen LogP contribution in [-0.4, -0.2) is 133 Å². The molecule has 0 bridgehead atoms. The number of piperidine rings is 1. The van der Waals surface area contributed by atoms with Crippen LogP contribution >= 0.6 is 8.03 Å². The molecule has 5 rings (SSSR count). The van der Waals surface area contributed by atoms with Crippen LogP contribution in [-0.2, 0) is 47.2 Å². The average Bonchev–Trinajstić information content (AvgIpc) is 3.58. The van der Waals surface area contributed by atoms with Gasteiger partial charge in [0.2, 0.25) is 13.9 Å². The number of aromatic nitrogens is 2. The lowest BCUT2D eigenvalue weighted by atomic mass is 10.2. The van der Waals surface area contributed by atoms with Crippen LogP contribution in [0.1, 0.15) is 51.0 Å². The maximum Gasteiger partial charge on any atom is 0.508 e. The summed E-state index contributed by atoms with van der Waals surface area (Å²) in [5.41, 5.74) is 0.528. The summed E-state index contributed by atoms with van der Waals surface area (Å²) in [4.78, 5) is 89.8. The highest BCUT2D eigenvalue weighted by atomic mass is 31.1. The highest BCUT2D eigenvalue weighted by Crippen LogP contribution is 2.49. The van der Waals surface area contributed by atoms with Gasteiger partial charge in [-0.3, -0.25) is 28.3 Å². The molecule has 56 heavy (non-hydrogen) atoms. The number of benzene rings is 1. The summed E-state index contributed by atoms with van der Waals surface area (Å²) in [6.45, 7) is 5.74. The molecular formula is C36H47N6O13P. The van der Waals surface area contributed by atoms with Gasteiger partial charge >= 0.3 is 30.7 Å². The normalized spacial score (nSPS) is 19.7. The Kier molecular flexibility index (Phi) is 14.6. The Balaban J connectivity index is 1.35. The summed E-state index contributed by atoms with van der Waals surface area (Å²) in [6, 6.07) is 9.00. The number of anilines is 1. The standard InChI is InChI=1S/C36H47N6O13P/c1-5-7-17-51-34(47)41-15-13-40(14-16-41)33(46)28(21-56(49)55-36(52-22(3)43)53-23(4)44)38-32(45)27-18-29(39-31(37-27)24-11-9-8-10-12-24)42-19-25-26(20-42)30(25)54-35(48)50-6-2/h8-12,18,25-26,28,30,36,56H,5-7,13-17,19-21H2,1-4H3,(H,38,45)/t25-,26+,28-,30+/m0/s1. The third-order valence-electron chi connectivity index (χ3n) is 9.21. The van der Waals surface area contributed by atoms with Crippen molar-refractivity contribution in [2.24, 2.45) is 11.8 Å². The second kappa shape index (κ2) is 19.5. The van der Waals surface area contributed by atoms with E-state index in [0.29, 0.717) is 24.5 Å². The van der Waals surface area contributed by atoms with E-state index in [1.807, 2.05) is 17.9 Å². The molecule has 1 aliphatic carbocycles. The summed E-state index contributed by atoms with van der Waals surface area (Å²) in [5, 5.41) is 2.65. The average molecular weight is 803 g/mol. The minimum atomic E-state index is -3.35. The monoisotopic (exact) mass is 802 g/mol. The molecule has 2 aliphatic heterocycles. The maximum absolute atomic E-state index is 14.1. The fourth-order valence-corrected chi connectivity index (χ4v) is 7.37. The zero-order valence-electron chi connectivity index (χ0n) is 31.7. The molecule has 3 amide bonds. The number of hydrogen-bond acceptors (Lipinski definition) is 16. The van der Waals surface area contributed by atoms with Crippen molar-refractivity contribution < 1.29 is 61.5 Å². The van der Waals surface area contributed by atoms with E-state index < -0.39 is 62.7 Å². The predicted octanol–water partition coefficient (Wildman–Crippen LogP) is 2.83. The number of hydrogen-bond donors (Lipinski definition) is 1. The molecule has 304 valence electrons. The van der Waals surface area contributed by atoms with Crippen LogP contribution in [0.4, 0.5) is 15.4 Å². The fourth-order valence-electron chi connectivity index (χ4n) is 6.35. The molecule has 2 saturated heterocycles. The first kappa shape index (κ1) is 41.9. The van der Waals surface area contributed by atoms with Crippen molar-refractivity contribution in [1.29, 1.82) is 0 Å². The number of nitrogens with one attached hydrogen (secondary N) is 1. The minimum absolute atomic E-state index is 0.0490. The molecule has 1 aromatic heterocycles. The Bertz CT molecular complexity index is 1750. The summed E-state index contributed by atoms with van der Waals surface area (Å²) in [5.74, 6) is -2.42. The quantitative estimate of drug-likeness (QED) is 0.0847. The van der Waals surface area contributed by atoms with Gasteiger partial charge in [0, 0.05) is 76.6 Å². The van der Waals surface area contributed by atoms with Gasteiger partial charge in [-0.05, 0) is 13.3 Å². The second-order valence-electron chi connectivity index (χ2n) is 13.3. The van der Waals surface area contributed by atoms with Gasteiger partial charge in [0.1, 0.15) is 23.7 Å². The topological polar surface area (TPSA) is 222 Å². The van der Waals surface area contributed by atoms with Gasteiger partial charge in [-0.1, -0.05) is 43.7 Å². The number of amides is 3. The molecule has 1 aromatic carbocycles. The molecule has 1 saturated carbocycles. The van der Waals surface area contributed by atoms with E-state index in [2.05, 4.69) is 10.3 Å². The minimum Gasteiger partial charge on any atom is -0.449 e. The first-order chi connectivity index (χ1) is 26.9. The third-order valence-corrected chi connectivity index (χ3v) is 10.4. The van der Waals surface area contributed by atoms with Crippen molar-refractivity contribution in [3.8, 4) is 11.4 Å². The lowest BCUT2D eigenvalue weighted by molar-refractivity contribution is -0.231. The molecule has 20 heteroatoms. The first-order valence-corrected chi connectivity index (χ1v) is 20.0. The van der Waals surface area contributed by atoms with Crippen molar-refractivity contribution in [3.63, 3.8) is 0 Å². The smallest absolute Gasteiger partial charge is 0.449 e. The Morgan fingerprint density at radius 2 is 1.54 bits per heavy atom. The molecule has 3 aliphatic rings. The van der Waals surface area contributed by atoms with E-state index in [4.69, 9.17) is 33.2 Å². The van der Waals surface area contributed by atoms with Crippen molar-refractivity contribution in [3.05, 3.63) is 42.1 Å². The van der Waals surface area contributed by atoms with E-state index >= 15 is 0 Å². The SMILES string of the molecule is CCCCOC(=O)N1CCN(C(=O)[C@H](C[PH](=O)OC(OC(C)=O)OC(C)=O)NC(=O)c2cc(N3C[C@@H]4[C@H](C3)[C@H]4OC(=O)OCC)nc(-c3ccccc3)n2)CC1. The molecule has 19 nitrogen and oxygen atoms in total. The molecule has 1 N–H and O–H groups in total. The van der Waals surface area contributed by atoms with Gasteiger partial charge < -0.3 is 43.7 Å². The molecule has 2 aromatic rings. The number of fused-ring (bicyclic) bond motifs is 1. The predicted molar refractivity (Wildman–Crippen MR) is 196 cm³/mol. The number of esters is 2. The number of nitrogens with zero attached hydrogens (tertiary/aromatic N) is 5. The van der Waals surface area contributed by atoms with E-state index in [1.165, 1.54) is 15.9 Å². The molecular weight excluding hydrogens is 755 g/mol. The zero-order valence-corrected chi connectivity index (χ0v) is 32.7. The summed E-state index contributed by atoms with van der Waals surface area (Å²) >= 11 is 0. The number of carbonyl (C=O) groups is 6. The van der Waals surface area contributed by atoms with Crippen LogP contribution in [0, 0.1) is 11.8 Å². The van der Waals surface area contributed by atoms with Crippen molar-refractivity contribution in [2.45, 2.75) is 59.2 Å². The Labute approximate surface area is 324 Å². The van der Waals surface area contributed by atoms with E-state index in [9.17, 15) is 33.3 Å². The van der Waals surface area contributed by atoms with Gasteiger partial charge in [-0.15, -0.1) is 0 Å². The number of unbranched alkanes of at least 4 members (excludes halogenated alkanes) is 1. The molecule has 5 atom stereocenters. The van der Waals surface area contributed by atoms with E-state index in [1.54, 1.807) is 31.2 Å². The van der Waals surface area contributed by atoms with Crippen LogP contribution in [0.25, 0.3) is 11.4 Å². The van der Waals surface area contributed by atoms with Crippen LogP contribution in [0.15, 0.2) is 36.4 Å². The summed E-state index contributed by atoms with van der Waals surface area (Å²) in [6.07, 6.45) is -0.501. The van der Waals surface area contributed by atoms with Crippen molar-refractivity contribution >= 4 is 49.8 Å². The summed E-state index contributed by atoms with van der Waals surface area (Å²) in [7, 11) is -3.35. The molecule has 1 unspecified atom stereocenters. The van der Waals surface area contributed by atoms with Gasteiger partial charge in [0.15, 0.2) is 5.82 Å². The number of piperazine rings is 1. The van der Waals surface area contributed by atoms with Gasteiger partial charge in [0.25, 0.3) is 5.91 Å². The van der Waals surface area contributed by atoms with Crippen LogP contribution in [0.3, 0.4) is 0 Å². The van der Waals surface area contributed by atoms with Gasteiger partial charge in [-0.25, -0.2) is 19.6 Å². The Hall–Kier alpha value is -5.29. The van der Waals surface area contributed by atoms with Crippen molar-refractivity contribution in [1.82, 2.24) is 25.1 Å². The Morgan fingerprint density at radius 1 is 0.893 bits per heavy atom. The fraction of sp³-hybridized carbons (Fsp3) is 0.556. The highest BCUT2D eigenvalue weighted by Gasteiger charge is 2.59. The van der Waals surface area contributed by atoms with Crippen LogP contribution in [0.2, 0.25) is 0 Å². The van der Waals surface area contributed by atoms with Crippen LogP contribution in [0.5, 0.6) is 0 Å². The number of ether oxygens (including phenoxy) is 5. The molecule has 3 fully saturated rings. The molecule has 3 heterocycles. The number of carbonyl (C=O) groups excluding carboxylic acids is 6. The third kappa shape index (κ3) is 11.4. The second-order valence-corrected chi connectivity index (χ2v) is 14.7. The molecule has 0 radical (unpaired) electrons. The first-order valence-electron chi connectivity index (χ1n) is 18.4. The Morgan fingerprint density at radius 3 is 2.14 bits per heavy atom.